The zero-order chi connectivity index (χ0) is 56.2. The smallest absolute Gasteiger partial charge is 0.220 e. The molecular weight excluding hydrogens is 999 g/mol. The van der Waals surface area contributed by atoms with Crippen LogP contribution in [0.4, 0.5) is 0 Å². The van der Waals surface area contributed by atoms with E-state index in [1.807, 2.05) is 0 Å². The van der Waals surface area contributed by atoms with Crippen molar-refractivity contribution in [1.82, 2.24) is 5.32 Å². The summed E-state index contributed by atoms with van der Waals surface area (Å²) in [6, 6.07) is -0.987. The molecule has 3 heterocycles. The topological polar surface area (TPSA) is 307 Å². The van der Waals surface area contributed by atoms with Crippen LogP contribution in [0.15, 0.2) is 48.6 Å². The third kappa shape index (κ3) is 26.0. The summed E-state index contributed by atoms with van der Waals surface area (Å²) < 4.78 is 34.1. The highest BCUT2D eigenvalue weighted by Gasteiger charge is 2.53. The number of hydrogen-bond donors (Lipinski definition) is 12. The summed E-state index contributed by atoms with van der Waals surface area (Å²) in [7, 11) is 0. The number of aliphatic hydroxyl groups is 11. The molecule has 17 unspecified atom stereocenters. The molecule has 448 valence electrons. The van der Waals surface area contributed by atoms with E-state index in [2.05, 4.69) is 55.6 Å². The highest BCUT2D eigenvalue weighted by molar-refractivity contribution is 5.76. The normalized spacial score (nSPS) is 31.1. The standard InChI is InChI=1S/C58H103NO18/c1-3-5-7-9-11-12-13-14-15-16-17-18-19-20-21-22-23-24-25-26-27-28-30-32-34-36-46(64)59-41(42(63)35-33-31-29-10-8-6-4-2)40-72-56-52(70)49(67)54(44(38-61)74-56)77-58-53(71)50(68)55(45(39-62)75-58)76-57-51(69)48(66)47(65)43(37-60)73-57/h8,10,13-14,16-17,33,35,41-45,47-58,60-63,65-71H,3-7,9,11-12,15,18-32,34,36-40H2,1-2H3,(H,59,64)/b10-8+,14-13-,17-16-,35-33+. The number of aliphatic hydroxyl groups excluding tert-OH is 11. The maximum Gasteiger partial charge on any atom is 0.220 e. The van der Waals surface area contributed by atoms with Crippen molar-refractivity contribution in [2.24, 2.45) is 0 Å². The van der Waals surface area contributed by atoms with E-state index in [0.717, 1.165) is 44.9 Å². The molecular formula is C58H103NO18. The van der Waals surface area contributed by atoms with Crippen LogP contribution in [0.25, 0.3) is 0 Å². The fourth-order valence-corrected chi connectivity index (χ4v) is 9.71. The quantitative estimate of drug-likeness (QED) is 0.0291. The van der Waals surface area contributed by atoms with Gasteiger partial charge in [0.25, 0.3) is 0 Å². The predicted molar refractivity (Wildman–Crippen MR) is 291 cm³/mol. The Kier molecular flexibility index (Phi) is 37.4. The van der Waals surface area contributed by atoms with E-state index in [-0.39, 0.29) is 18.9 Å². The predicted octanol–water partition coefficient (Wildman–Crippen LogP) is 4.70. The van der Waals surface area contributed by atoms with Gasteiger partial charge in [-0.25, -0.2) is 0 Å². The lowest BCUT2D eigenvalue weighted by Gasteiger charge is -2.48. The van der Waals surface area contributed by atoms with Gasteiger partial charge < -0.3 is 89.9 Å². The maximum atomic E-state index is 13.2. The molecule has 0 saturated carbocycles. The number of rotatable bonds is 42. The van der Waals surface area contributed by atoms with Gasteiger partial charge in [0.15, 0.2) is 18.9 Å². The van der Waals surface area contributed by atoms with Crippen molar-refractivity contribution in [1.29, 1.82) is 0 Å². The van der Waals surface area contributed by atoms with Gasteiger partial charge in [-0.1, -0.05) is 165 Å². The van der Waals surface area contributed by atoms with E-state index in [9.17, 15) is 61.0 Å². The van der Waals surface area contributed by atoms with E-state index in [0.29, 0.717) is 12.8 Å². The lowest BCUT2D eigenvalue weighted by atomic mass is 9.96. The summed E-state index contributed by atoms with van der Waals surface area (Å²) in [6.07, 6.45) is 18.7. The van der Waals surface area contributed by atoms with Crippen LogP contribution in [0.5, 0.6) is 0 Å². The van der Waals surface area contributed by atoms with Gasteiger partial charge >= 0.3 is 0 Å². The molecule has 3 rings (SSSR count). The number of hydrogen-bond acceptors (Lipinski definition) is 18. The van der Waals surface area contributed by atoms with E-state index in [4.69, 9.17) is 28.4 Å². The Hall–Kier alpha value is -2.25. The first kappa shape index (κ1) is 69.0. The van der Waals surface area contributed by atoms with Gasteiger partial charge in [0.2, 0.25) is 5.91 Å². The number of nitrogens with one attached hydrogen (secondary N) is 1. The van der Waals surface area contributed by atoms with Crippen LogP contribution in [-0.2, 0) is 33.2 Å². The van der Waals surface area contributed by atoms with Crippen LogP contribution in [0.1, 0.15) is 181 Å². The second-order valence-corrected chi connectivity index (χ2v) is 21.1. The van der Waals surface area contributed by atoms with E-state index >= 15 is 0 Å². The number of allylic oxidation sites excluding steroid dienone is 7. The largest absolute Gasteiger partial charge is 0.394 e. The number of unbranched alkanes of at least 4 members (excludes halogenated alkanes) is 20. The van der Waals surface area contributed by atoms with Crippen LogP contribution in [-0.4, -0.2) is 193 Å². The molecule has 3 fully saturated rings. The third-order valence-electron chi connectivity index (χ3n) is 14.6. The monoisotopic (exact) mass is 1100 g/mol. The first-order chi connectivity index (χ1) is 37.3. The van der Waals surface area contributed by atoms with Gasteiger partial charge in [-0.15, -0.1) is 0 Å². The highest BCUT2D eigenvalue weighted by atomic mass is 16.8. The Balaban J connectivity index is 1.41. The van der Waals surface area contributed by atoms with E-state index < -0.39 is 124 Å². The Labute approximate surface area is 459 Å². The number of carbonyl (C=O) groups is 1. The highest BCUT2D eigenvalue weighted by Crippen LogP contribution is 2.33. The summed E-state index contributed by atoms with van der Waals surface area (Å²) in [6.45, 7) is 1.55. The second kappa shape index (κ2) is 41.7. The Morgan fingerprint density at radius 2 is 0.896 bits per heavy atom. The fourth-order valence-electron chi connectivity index (χ4n) is 9.71. The van der Waals surface area contributed by atoms with Gasteiger partial charge in [0.05, 0.1) is 38.6 Å². The molecule has 1 amide bonds. The summed E-state index contributed by atoms with van der Waals surface area (Å²) in [5, 5.41) is 120. The maximum absolute atomic E-state index is 13.2. The van der Waals surface area contributed by atoms with Crippen molar-refractivity contribution in [3.05, 3.63) is 48.6 Å². The van der Waals surface area contributed by atoms with Crippen LogP contribution in [0, 0.1) is 0 Å². The van der Waals surface area contributed by atoms with Gasteiger partial charge in [0, 0.05) is 6.42 Å². The zero-order valence-electron chi connectivity index (χ0n) is 46.4. The molecule has 19 heteroatoms. The molecule has 0 aromatic heterocycles. The number of carbonyl (C=O) groups excluding carboxylic acids is 1. The summed E-state index contributed by atoms with van der Waals surface area (Å²) in [4.78, 5) is 13.2. The van der Waals surface area contributed by atoms with Crippen molar-refractivity contribution in [3.63, 3.8) is 0 Å². The average molecular weight is 1100 g/mol. The second-order valence-electron chi connectivity index (χ2n) is 21.1. The molecule has 3 aliphatic heterocycles. The fraction of sp³-hybridized carbons (Fsp3) is 0.845. The molecule has 0 spiro atoms. The molecule has 3 saturated heterocycles. The van der Waals surface area contributed by atoms with Crippen LogP contribution in [0.2, 0.25) is 0 Å². The van der Waals surface area contributed by atoms with Crippen molar-refractivity contribution < 1.29 is 89.4 Å². The molecule has 12 N–H and O–H groups in total. The minimum absolute atomic E-state index is 0.233. The van der Waals surface area contributed by atoms with Crippen LogP contribution < -0.4 is 5.32 Å². The molecule has 3 aliphatic rings. The lowest BCUT2D eigenvalue weighted by molar-refractivity contribution is -0.379. The van der Waals surface area contributed by atoms with Crippen LogP contribution >= 0.6 is 0 Å². The molecule has 0 radical (unpaired) electrons. The van der Waals surface area contributed by atoms with Crippen molar-refractivity contribution in [2.45, 2.75) is 285 Å². The SMILES string of the molecule is CCC/C=C/CC/C=C/C(O)C(COC1OC(CO)C(OC2OC(CO)C(OC3OC(CO)C(O)C(O)C3O)C(O)C2O)C(O)C1O)NC(=O)CCCCCCCCCCCCCCC/C=C\C/C=C\CCCCCCC. The molecule has 0 aromatic carbocycles. The van der Waals surface area contributed by atoms with Gasteiger partial charge in [0.1, 0.15) is 73.2 Å². The minimum atomic E-state index is -1.98. The molecule has 0 aliphatic carbocycles. The van der Waals surface area contributed by atoms with Crippen molar-refractivity contribution in [2.75, 3.05) is 26.4 Å². The van der Waals surface area contributed by atoms with E-state index in [1.165, 1.54) is 103 Å². The average Bonchev–Trinajstić information content (AvgIpc) is 3.43. The Bertz CT molecular complexity index is 1600. The molecule has 17 atom stereocenters. The Morgan fingerprint density at radius 1 is 0.468 bits per heavy atom. The van der Waals surface area contributed by atoms with Crippen molar-refractivity contribution in [3.8, 4) is 0 Å². The Morgan fingerprint density at radius 3 is 1.42 bits per heavy atom. The van der Waals surface area contributed by atoms with Gasteiger partial charge in [-0.3, -0.25) is 4.79 Å². The summed E-state index contributed by atoms with van der Waals surface area (Å²) in [5.74, 6) is -0.293. The van der Waals surface area contributed by atoms with Crippen LogP contribution in [0.3, 0.4) is 0 Å². The van der Waals surface area contributed by atoms with E-state index in [1.54, 1.807) is 12.2 Å². The molecule has 77 heavy (non-hydrogen) atoms. The third-order valence-corrected chi connectivity index (χ3v) is 14.6. The number of ether oxygens (including phenoxy) is 6. The summed E-state index contributed by atoms with van der Waals surface area (Å²) >= 11 is 0. The first-order valence-corrected chi connectivity index (χ1v) is 29.4. The number of amides is 1. The molecule has 0 bridgehead atoms. The van der Waals surface area contributed by atoms with Crippen molar-refractivity contribution >= 4 is 5.91 Å². The summed E-state index contributed by atoms with van der Waals surface area (Å²) in [5.41, 5.74) is 0. The lowest BCUT2D eigenvalue weighted by Crippen LogP contribution is -2.66. The molecule has 0 aromatic rings. The zero-order valence-corrected chi connectivity index (χ0v) is 46.4. The molecule has 19 nitrogen and oxygen atoms in total. The first-order valence-electron chi connectivity index (χ1n) is 29.4. The van der Waals surface area contributed by atoms with Gasteiger partial charge in [-0.2, -0.15) is 0 Å². The van der Waals surface area contributed by atoms with Gasteiger partial charge in [-0.05, 0) is 57.8 Å². The minimum Gasteiger partial charge on any atom is -0.394 e.